The fraction of sp³-hybridized carbons (Fsp3) is 0.167. The summed E-state index contributed by atoms with van der Waals surface area (Å²) in [6, 6.07) is 15.0. The number of ether oxygens (including phenoxy) is 1. The third-order valence-corrected chi connectivity index (χ3v) is 3.85. The Morgan fingerprint density at radius 2 is 2.09 bits per heavy atom. The lowest BCUT2D eigenvalue weighted by molar-refractivity contribution is 0.102. The van der Waals surface area contributed by atoms with Crippen molar-refractivity contribution >= 4 is 23.4 Å². The number of anilines is 1. The van der Waals surface area contributed by atoms with Gasteiger partial charge in [-0.05, 0) is 30.0 Å². The summed E-state index contributed by atoms with van der Waals surface area (Å²) in [7, 11) is 0. The molecule has 0 aliphatic heterocycles. The largest absolute Gasteiger partial charge is 0.489 e. The van der Waals surface area contributed by atoms with E-state index < -0.39 is 0 Å². The van der Waals surface area contributed by atoms with Gasteiger partial charge in [-0.2, -0.15) is 0 Å². The molecule has 2 rings (SSSR count). The number of nitrogens with one attached hydrogen (secondary N) is 1. The van der Waals surface area contributed by atoms with E-state index in [0.717, 1.165) is 10.6 Å². The van der Waals surface area contributed by atoms with Crippen LogP contribution < -0.4 is 10.1 Å². The number of benzene rings is 2. The van der Waals surface area contributed by atoms with Crippen molar-refractivity contribution in [3.05, 3.63) is 66.7 Å². The zero-order chi connectivity index (χ0) is 15.8. The molecule has 1 amide bonds. The number of amides is 1. The van der Waals surface area contributed by atoms with Crippen LogP contribution in [0.15, 0.2) is 66.1 Å². The minimum Gasteiger partial charge on any atom is -0.489 e. The quantitative estimate of drug-likeness (QED) is 0.599. The number of thioether (sulfide) groups is 1. The summed E-state index contributed by atoms with van der Waals surface area (Å²) < 4.78 is 5.47. The molecule has 0 aliphatic rings. The molecule has 0 aromatic heterocycles. The van der Waals surface area contributed by atoms with Crippen LogP contribution in [0.25, 0.3) is 0 Å². The topological polar surface area (TPSA) is 38.3 Å². The molecule has 0 fully saturated rings. The van der Waals surface area contributed by atoms with Gasteiger partial charge in [0.1, 0.15) is 12.4 Å². The standard InChI is InChI=1S/C18H19NO2S/c1-3-12-21-15-9-7-8-14(13-15)19-18(20)16-10-5-6-11-17(16)22-4-2/h3,5-11,13H,1,4,12H2,2H3,(H,19,20). The van der Waals surface area contributed by atoms with Crippen molar-refractivity contribution in [1.29, 1.82) is 0 Å². The van der Waals surface area contributed by atoms with Crippen LogP contribution >= 0.6 is 11.8 Å². The van der Waals surface area contributed by atoms with Gasteiger partial charge in [-0.15, -0.1) is 11.8 Å². The predicted molar refractivity (Wildman–Crippen MR) is 92.9 cm³/mol. The lowest BCUT2D eigenvalue weighted by Gasteiger charge is -2.10. The van der Waals surface area contributed by atoms with Crippen LogP contribution in [0, 0.1) is 0 Å². The van der Waals surface area contributed by atoms with Crippen molar-refractivity contribution in [2.45, 2.75) is 11.8 Å². The molecule has 1 N–H and O–H groups in total. The first-order chi connectivity index (χ1) is 10.7. The van der Waals surface area contributed by atoms with Crippen molar-refractivity contribution in [3.63, 3.8) is 0 Å². The average Bonchev–Trinajstić information content (AvgIpc) is 2.54. The second kappa shape index (κ2) is 8.29. The van der Waals surface area contributed by atoms with E-state index in [4.69, 9.17) is 4.74 Å². The first kappa shape index (κ1) is 16.2. The van der Waals surface area contributed by atoms with E-state index in [0.29, 0.717) is 23.6 Å². The van der Waals surface area contributed by atoms with Crippen LogP contribution in [0.2, 0.25) is 0 Å². The second-order valence-corrected chi connectivity index (χ2v) is 5.82. The minimum absolute atomic E-state index is 0.113. The maximum Gasteiger partial charge on any atom is 0.256 e. The molecule has 0 aliphatic carbocycles. The van der Waals surface area contributed by atoms with E-state index in [2.05, 4.69) is 18.8 Å². The molecule has 0 spiro atoms. The molecule has 0 saturated carbocycles. The van der Waals surface area contributed by atoms with Crippen molar-refractivity contribution in [3.8, 4) is 5.75 Å². The van der Waals surface area contributed by atoms with Crippen molar-refractivity contribution < 1.29 is 9.53 Å². The summed E-state index contributed by atoms with van der Waals surface area (Å²) in [6.45, 7) is 6.12. The summed E-state index contributed by atoms with van der Waals surface area (Å²) in [5.74, 6) is 1.51. The Hall–Kier alpha value is -2.20. The lowest BCUT2D eigenvalue weighted by atomic mass is 10.2. The first-order valence-corrected chi connectivity index (χ1v) is 8.10. The summed E-state index contributed by atoms with van der Waals surface area (Å²) >= 11 is 1.66. The molecule has 2 aromatic carbocycles. The molecule has 0 heterocycles. The van der Waals surface area contributed by atoms with E-state index >= 15 is 0 Å². The molecule has 114 valence electrons. The van der Waals surface area contributed by atoms with Crippen molar-refractivity contribution in [2.75, 3.05) is 17.7 Å². The minimum atomic E-state index is -0.113. The van der Waals surface area contributed by atoms with Gasteiger partial charge in [-0.25, -0.2) is 0 Å². The highest BCUT2D eigenvalue weighted by Crippen LogP contribution is 2.24. The summed E-state index contributed by atoms with van der Waals surface area (Å²) in [5, 5.41) is 2.92. The molecule has 0 unspecified atom stereocenters. The normalized spacial score (nSPS) is 10.0. The Morgan fingerprint density at radius 3 is 2.86 bits per heavy atom. The molecule has 0 saturated heterocycles. The highest BCUT2D eigenvalue weighted by atomic mass is 32.2. The van der Waals surface area contributed by atoms with Gasteiger partial charge in [0.05, 0.1) is 5.56 Å². The van der Waals surface area contributed by atoms with Gasteiger partial charge < -0.3 is 10.1 Å². The van der Waals surface area contributed by atoms with E-state index in [1.807, 2.05) is 42.5 Å². The Balaban J connectivity index is 2.13. The van der Waals surface area contributed by atoms with Gasteiger partial charge in [0, 0.05) is 16.6 Å². The maximum absolute atomic E-state index is 12.5. The van der Waals surface area contributed by atoms with Gasteiger partial charge in [-0.3, -0.25) is 4.79 Å². The molecule has 3 nitrogen and oxygen atoms in total. The van der Waals surface area contributed by atoms with Crippen LogP contribution in [0.1, 0.15) is 17.3 Å². The number of hydrogen-bond acceptors (Lipinski definition) is 3. The van der Waals surface area contributed by atoms with E-state index in [1.54, 1.807) is 23.9 Å². The third-order valence-electron chi connectivity index (χ3n) is 2.89. The van der Waals surface area contributed by atoms with Crippen LogP contribution in [0.3, 0.4) is 0 Å². The Bertz CT molecular complexity index is 655. The molecule has 4 heteroatoms. The van der Waals surface area contributed by atoms with E-state index in [-0.39, 0.29) is 5.91 Å². The fourth-order valence-electron chi connectivity index (χ4n) is 1.95. The van der Waals surface area contributed by atoms with Crippen LogP contribution in [-0.4, -0.2) is 18.3 Å². The van der Waals surface area contributed by atoms with Crippen molar-refractivity contribution in [2.24, 2.45) is 0 Å². The highest BCUT2D eigenvalue weighted by molar-refractivity contribution is 7.99. The SMILES string of the molecule is C=CCOc1cccc(NC(=O)c2ccccc2SCC)c1. The van der Waals surface area contributed by atoms with Gasteiger partial charge >= 0.3 is 0 Å². The van der Waals surface area contributed by atoms with E-state index in [9.17, 15) is 4.79 Å². The number of hydrogen-bond donors (Lipinski definition) is 1. The maximum atomic E-state index is 12.5. The monoisotopic (exact) mass is 313 g/mol. The van der Waals surface area contributed by atoms with Crippen LogP contribution in [0.4, 0.5) is 5.69 Å². The third kappa shape index (κ3) is 4.40. The molecule has 0 radical (unpaired) electrons. The molecule has 22 heavy (non-hydrogen) atoms. The van der Waals surface area contributed by atoms with Gasteiger partial charge in [0.15, 0.2) is 0 Å². The second-order valence-electron chi connectivity index (χ2n) is 4.51. The lowest BCUT2D eigenvalue weighted by Crippen LogP contribution is -2.13. The zero-order valence-electron chi connectivity index (χ0n) is 12.5. The molecule has 2 aromatic rings. The number of carbonyl (C=O) groups excluding carboxylic acids is 1. The molecular formula is C18H19NO2S. The Morgan fingerprint density at radius 1 is 1.27 bits per heavy atom. The highest BCUT2D eigenvalue weighted by Gasteiger charge is 2.11. The fourth-order valence-corrected chi connectivity index (χ4v) is 2.75. The van der Waals surface area contributed by atoms with Gasteiger partial charge in [-0.1, -0.05) is 37.8 Å². The number of rotatable bonds is 7. The van der Waals surface area contributed by atoms with Gasteiger partial charge in [0.2, 0.25) is 0 Å². The zero-order valence-corrected chi connectivity index (χ0v) is 13.4. The van der Waals surface area contributed by atoms with Crippen LogP contribution in [0.5, 0.6) is 5.75 Å². The average molecular weight is 313 g/mol. The smallest absolute Gasteiger partial charge is 0.256 e. The van der Waals surface area contributed by atoms with Crippen molar-refractivity contribution in [1.82, 2.24) is 0 Å². The summed E-state index contributed by atoms with van der Waals surface area (Å²) in [4.78, 5) is 13.4. The Labute approximate surface area is 135 Å². The van der Waals surface area contributed by atoms with Crippen LogP contribution in [-0.2, 0) is 0 Å². The molecule has 0 atom stereocenters. The summed E-state index contributed by atoms with van der Waals surface area (Å²) in [5.41, 5.74) is 1.40. The molecule has 0 bridgehead atoms. The number of carbonyl (C=O) groups is 1. The summed E-state index contributed by atoms with van der Waals surface area (Å²) in [6.07, 6.45) is 1.68. The Kier molecular flexibility index (Phi) is 6.10. The predicted octanol–water partition coefficient (Wildman–Crippen LogP) is 4.62. The van der Waals surface area contributed by atoms with Gasteiger partial charge in [0.25, 0.3) is 5.91 Å². The van der Waals surface area contributed by atoms with E-state index in [1.165, 1.54) is 0 Å². The first-order valence-electron chi connectivity index (χ1n) is 7.11. The molecular weight excluding hydrogens is 294 g/mol.